The molecular weight excluding hydrogens is 338 g/mol. The first-order chi connectivity index (χ1) is 13.1. The number of ketones is 1. The van der Waals surface area contributed by atoms with Crippen LogP contribution in [0.3, 0.4) is 0 Å². The molecule has 140 valence electrons. The Bertz CT molecular complexity index is 942. The monoisotopic (exact) mass is 363 g/mol. The van der Waals surface area contributed by atoms with Crippen LogP contribution in [0, 0.1) is 0 Å². The van der Waals surface area contributed by atoms with Crippen LogP contribution in [-0.4, -0.2) is 36.9 Å². The second-order valence-electron chi connectivity index (χ2n) is 7.30. The molecule has 1 fully saturated rings. The van der Waals surface area contributed by atoms with E-state index in [-0.39, 0.29) is 5.78 Å². The zero-order chi connectivity index (χ0) is 18.8. The minimum absolute atomic E-state index is 0.00759. The maximum atomic E-state index is 12.8. The third-order valence-corrected chi connectivity index (χ3v) is 5.52. The van der Waals surface area contributed by atoms with Crippen LogP contribution in [0.5, 0.6) is 5.75 Å². The molecule has 0 N–H and O–H groups in total. The molecule has 0 radical (unpaired) electrons. The molecule has 0 bridgehead atoms. The molecule has 1 aromatic heterocycles. The largest absolute Gasteiger partial charge is 0.497 e. The highest BCUT2D eigenvalue weighted by atomic mass is 16.5. The van der Waals surface area contributed by atoms with Gasteiger partial charge < -0.3 is 14.1 Å². The van der Waals surface area contributed by atoms with Crippen molar-refractivity contribution in [3.63, 3.8) is 0 Å². The van der Waals surface area contributed by atoms with Gasteiger partial charge in [-0.1, -0.05) is 0 Å². The fraction of sp³-hybridized carbons (Fsp3) is 0.348. The molecule has 4 nitrogen and oxygen atoms in total. The number of hydrogen-bond donors (Lipinski definition) is 0. The SMILES string of the molecule is COc1ccc(C(=O)c2ccc3oc(CCN4CCC[C@H]4C)cc3c2)cc1. The Balaban J connectivity index is 1.50. The van der Waals surface area contributed by atoms with Gasteiger partial charge in [0.05, 0.1) is 7.11 Å². The molecule has 1 saturated heterocycles. The standard InChI is InChI=1S/C23H25NO3/c1-16-4-3-12-24(16)13-11-21-15-19-14-18(7-10-22(19)27-21)23(25)17-5-8-20(26-2)9-6-17/h5-10,14-16H,3-4,11-13H2,1-2H3/t16-/m1/s1. The number of hydrogen-bond acceptors (Lipinski definition) is 4. The molecule has 0 saturated carbocycles. The fourth-order valence-corrected chi connectivity index (χ4v) is 3.85. The molecule has 0 spiro atoms. The summed E-state index contributed by atoms with van der Waals surface area (Å²) in [6.45, 7) is 4.50. The molecule has 1 atom stereocenters. The number of carbonyl (C=O) groups excluding carboxylic acids is 1. The number of methoxy groups -OCH3 is 1. The molecule has 0 aliphatic carbocycles. The van der Waals surface area contributed by atoms with Gasteiger partial charge in [0.15, 0.2) is 5.78 Å². The van der Waals surface area contributed by atoms with E-state index < -0.39 is 0 Å². The molecule has 0 unspecified atom stereocenters. The van der Waals surface area contributed by atoms with Gasteiger partial charge in [0.25, 0.3) is 0 Å². The topological polar surface area (TPSA) is 42.7 Å². The molecule has 3 aromatic rings. The lowest BCUT2D eigenvalue weighted by atomic mass is 10.0. The lowest BCUT2D eigenvalue weighted by Gasteiger charge is -2.19. The van der Waals surface area contributed by atoms with E-state index in [1.807, 2.05) is 18.2 Å². The van der Waals surface area contributed by atoms with Gasteiger partial charge >= 0.3 is 0 Å². The van der Waals surface area contributed by atoms with Gasteiger partial charge in [-0.3, -0.25) is 4.79 Å². The number of fused-ring (bicyclic) bond motifs is 1. The summed E-state index contributed by atoms with van der Waals surface area (Å²) in [4.78, 5) is 15.3. The van der Waals surface area contributed by atoms with Crippen molar-refractivity contribution in [2.45, 2.75) is 32.2 Å². The normalized spacial score (nSPS) is 17.5. The van der Waals surface area contributed by atoms with Crippen LogP contribution in [-0.2, 0) is 6.42 Å². The number of rotatable bonds is 6. The summed E-state index contributed by atoms with van der Waals surface area (Å²) in [6, 6.07) is 15.6. The highest BCUT2D eigenvalue weighted by Crippen LogP contribution is 2.24. The number of ether oxygens (including phenoxy) is 1. The highest BCUT2D eigenvalue weighted by Gasteiger charge is 2.20. The number of nitrogens with zero attached hydrogens (tertiary/aromatic N) is 1. The summed E-state index contributed by atoms with van der Waals surface area (Å²) in [5.41, 5.74) is 2.17. The predicted molar refractivity (Wildman–Crippen MR) is 107 cm³/mol. The first kappa shape index (κ1) is 17.8. The third kappa shape index (κ3) is 3.76. The second-order valence-corrected chi connectivity index (χ2v) is 7.30. The van der Waals surface area contributed by atoms with E-state index in [0.717, 1.165) is 35.4 Å². The summed E-state index contributed by atoms with van der Waals surface area (Å²) in [6.07, 6.45) is 3.48. The smallest absolute Gasteiger partial charge is 0.193 e. The number of likely N-dealkylation sites (tertiary alicyclic amines) is 1. The third-order valence-electron chi connectivity index (χ3n) is 5.52. The van der Waals surface area contributed by atoms with E-state index in [0.29, 0.717) is 17.2 Å². The summed E-state index contributed by atoms with van der Waals surface area (Å²) in [7, 11) is 1.62. The zero-order valence-corrected chi connectivity index (χ0v) is 15.9. The Hall–Kier alpha value is -2.59. The molecular formula is C23H25NO3. The second kappa shape index (κ2) is 7.57. The fourth-order valence-electron chi connectivity index (χ4n) is 3.85. The Labute approximate surface area is 159 Å². The van der Waals surface area contributed by atoms with Gasteiger partial charge in [-0.2, -0.15) is 0 Å². The molecule has 1 aliphatic heterocycles. The summed E-state index contributed by atoms with van der Waals surface area (Å²) < 4.78 is 11.1. The predicted octanol–water partition coefficient (Wildman–Crippen LogP) is 4.70. The summed E-state index contributed by atoms with van der Waals surface area (Å²) in [5.74, 6) is 1.74. The van der Waals surface area contributed by atoms with Crippen molar-refractivity contribution in [3.05, 3.63) is 65.4 Å². The quantitative estimate of drug-likeness (QED) is 0.596. The average Bonchev–Trinajstić information content (AvgIpc) is 3.30. The van der Waals surface area contributed by atoms with E-state index in [1.54, 1.807) is 31.4 Å². The average molecular weight is 363 g/mol. The molecule has 1 aliphatic rings. The minimum atomic E-state index is 0.00759. The molecule has 2 heterocycles. The van der Waals surface area contributed by atoms with Crippen LogP contribution < -0.4 is 4.74 Å². The van der Waals surface area contributed by atoms with Crippen molar-refractivity contribution in [2.75, 3.05) is 20.2 Å². The summed E-state index contributed by atoms with van der Waals surface area (Å²) in [5, 5.41) is 0.985. The van der Waals surface area contributed by atoms with Crippen LogP contribution in [0.2, 0.25) is 0 Å². The molecule has 4 rings (SSSR count). The van der Waals surface area contributed by atoms with E-state index in [2.05, 4.69) is 17.9 Å². The van der Waals surface area contributed by atoms with Crippen molar-refractivity contribution in [3.8, 4) is 5.75 Å². The highest BCUT2D eigenvalue weighted by molar-refractivity contribution is 6.10. The van der Waals surface area contributed by atoms with E-state index >= 15 is 0 Å². The molecule has 27 heavy (non-hydrogen) atoms. The van der Waals surface area contributed by atoms with Crippen molar-refractivity contribution in [1.82, 2.24) is 4.90 Å². The van der Waals surface area contributed by atoms with Crippen molar-refractivity contribution < 1.29 is 13.9 Å². The van der Waals surface area contributed by atoms with E-state index in [4.69, 9.17) is 9.15 Å². The Morgan fingerprint density at radius 1 is 1.15 bits per heavy atom. The maximum absolute atomic E-state index is 12.8. The lowest BCUT2D eigenvalue weighted by Crippen LogP contribution is -2.28. The van der Waals surface area contributed by atoms with Gasteiger partial charge in [0, 0.05) is 35.5 Å². The van der Waals surface area contributed by atoms with Crippen molar-refractivity contribution >= 4 is 16.8 Å². The van der Waals surface area contributed by atoms with Crippen LogP contribution in [0.4, 0.5) is 0 Å². The number of furan rings is 1. The van der Waals surface area contributed by atoms with Gasteiger partial charge in [-0.25, -0.2) is 0 Å². The Morgan fingerprint density at radius 2 is 1.93 bits per heavy atom. The van der Waals surface area contributed by atoms with E-state index in [1.165, 1.54) is 19.4 Å². The number of carbonyl (C=O) groups is 1. The Kier molecular flexibility index (Phi) is 4.99. The van der Waals surface area contributed by atoms with Gasteiger partial charge in [0.1, 0.15) is 17.1 Å². The van der Waals surface area contributed by atoms with Crippen molar-refractivity contribution in [1.29, 1.82) is 0 Å². The van der Waals surface area contributed by atoms with Crippen LogP contribution >= 0.6 is 0 Å². The van der Waals surface area contributed by atoms with Crippen LogP contribution in [0.1, 0.15) is 41.4 Å². The first-order valence-corrected chi connectivity index (χ1v) is 9.59. The van der Waals surface area contributed by atoms with Crippen LogP contribution in [0.25, 0.3) is 11.0 Å². The van der Waals surface area contributed by atoms with E-state index in [9.17, 15) is 4.79 Å². The van der Waals surface area contributed by atoms with Gasteiger partial charge in [-0.05, 0) is 74.8 Å². The molecule has 2 aromatic carbocycles. The summed E-state index contributed by atoms with van der Waals surface area (Å²) >= 11 is 0. The lowest BCUT2D eigenvalue weighted by molar-refractivity contribution is 0.103. The van der Waals surface area contributed by atoms with Gasteiger partial charge in [-0.15, -0.1) is 0 Å². The molecule has 4 heteroatoms. The van der Waals surface area contributed by atoms with Crippen molar-refractivity contribution in [2.24, 2.45) is 0 Å². The Morgan fingerprint density at radius 3 is 2.63 bits per heavy atom. The minimum Gasteiger partial charge on any atom is -0.497 e. The maximum Gasteiger partial charge on any atom is 0.193 e. The van der Waals surface area contributed by atoms with Crippen LogP contribution in [0.15, 0.2) is 52.9 Å². The number of benzene rings is 2. The first-order valence-electron chi connectivity index (χ1n) is 9.59. The molecule has 0 amide bonds. The zero-order valence-electron chi connectivity index (χ0n) is 15.9. The van der Waals surface area contributed by atoms with Gasteiger partial charge in [0.2, 0.25) is 0 Å².